The molecule has 11 aromatic carbocycles. The molecule has 0 unspecified atom stereocenters. The third-order valence-corrected chi connectivity index (χ3v) is 17.8. The van der Waals surface area contributed by atoms with Crippen molar-refractivity contribution < 1.29 is 4.74 Å². The molecule has 11 aromatic rings. The van der Waals surface area contributed by atoms with Crippen LogP contribution in [0.2, 0.25) is 0 Å². The normalized spacial score (nSPS) is 14.7. The van der Waals surface area contributed by atoms with E-state index in [0.29, 0.717) is 0 Å². The molecule has 0 N–H and O–H groups in total. The van der Waals surface area contributed by atoms with Gasteiger partial charge in [-0.1, -0.05) is 164 Å². The quantitative estimate of drug-likeness (QED) is 0.148. The molecule has 6 heterocycles. The summed E-state index contributed by atoms with van der Waals surface area (Å²) in [5.74, 6) is 1.74. The molecule has 0 saturated carbocycles. The molecule has 8 heteroatoms. The molecular weight excluding hydrogens is 972 g/mol. The third-order valence-electron chi connectivity index (χ3n) is 17.8. The average Bonchev–Trinajstić information content (AvgIpc) is 3.18. The minimum atomic E-state index is -0.134. The zero-order valence-corrected chi connectivity index (χ0v) is 44.2. The lowest BCUT2D eigenvalue weighted by atomic mass is 9.30. The molecule has 0 atom stereocenters. The van der Waals surface area contributed by atoms with Crippen LogP contribution in [0.5, 0.6) is 11.5 Å². The van der Waals surface area contributed by atoms with Crippen LogP contribution in [0.25, 0.3) is 11.1 Å². The summed E-state index contributed by atoms with van der Waals surface area (Å²) >= 11 is 0. The van der Waals surface area contributed by atoms with Gasteiger partial charge in [0.25, 0.3) is 13.4 Å². The van der Waals surface area contributed by atoms with Crippen LogP contribution < -0.4 is 62.0 Å². The fourth-order valence-corrected chi connectivity index (χ4v) is 14.7. The predicted octanol–water partition coefficient (Wildman–Crippen LogP) is 14.0. The Morgan fingerprint density at radius 1 is 0.350 bits per heavy atom. The predicted molar refractivity (Wildman–Crippen MR) is 335 cm³/mol. The fourth-order valence-electron chi connectivity index (χ4n) is 14.7. The Hall–Kier alpha value is -9.65. The monoisotopic (exact) mass is 1030 g/mol. The highest BCUT2D eigenvalue weighted by atomic mass is 16.5. The smallest absolute Gasteiger partial charge is 0.256 e. The van der Waals surface area contributed by atoms with Gasteiger partial charge in [-0.15, -0.1) is 0 Å². The molecule has 0 aliphatic carbocycles. The van der Waals surface area contributed by atoms with Crippen LogP contribution >= 0.6 is 0 Å². The van der Waals surface area contributed by atoms with E-state index in [-0.39, 0.29) is 13.4 Å². The van der Waals surface area contributed by atoms with Gasteiger partial charge in [0.1, 0.15) is 11.5 Å². The Morgan fingerprint density at radius 2 is 0.863 bits per heavy atom. The van der Waals surface area contributed by atoms with Crippen LogP contribution in [-0.4, -0.2) is 26.5 Å². The van der Waals surface area contributed by atoms with E-state index in [0.717, 1.165) is 84.4 Å². The van der Waals surface area contributed by atoms with E-state index in [2.05, 4.69) is 273 Å². The second kappa shape index (κ2) is 17.9. The van der Waals surface area contributed by atoms with Gasteiger partial charge in [-0.3, -0.25) is 0 Å². The van der Waals surface area contributed by atoms with E-state index in [1.807, 2.05) is 0 Å². The zero-order chi connectivity index (χ0) is 52.4. The van der Waals surface area contributed by atoms with Gasteiger partial charge in [0.05, 0.1) is 11.4 Å². The fraction of sp³-hybridized carbons (Fsp3) is 0.0833. The van der Waals surface area contributed by atoms with Crippen molar-refractivity contribution in [3.63, 3.8) is 0 Å². The first-order chi connectivity index (χ1) is 39.7. The summed E-state index contributed by atoms with van der Waals surface area (Å²) in [7, 11) is 0. The number of hydrogen-bond donors (Lipinski definition) is 0. The molecule has 6 nitrogen and oxygen atoms in total. The maximum absolute atomic E-state index is 7.77. The molecular formula is C72H53B2N5O. The minimum Gasteiger partial charge on any atom is -0.458 e. The summed E-state index contributed by atoms with van der Waals surface area (Å²) < 4.78 is 7.77. The molecule has 0 spiro atoms. The van der Waals surface area contributed by atoms with Crippen LogP contribution in [-0.2, 0) is 12.8 Å². The second-order valence-corrected chi connectivity index (χ2v) is 22.1. The Morgan fingerprint density at radius 3 is 1.50 bits per heavy atom. The highest BCUT2D eigenvalue weighted by Gasteiger charge is 2.50. The van der Waals surface area contributed by atoms with Gasteiger partial charge in [-0.2, -0.15) is 0 Å². The number of hydrogen-bond acceptors (Lipinski definition) is 6. The van der Waals surface area contributed by atoms with Gasteiger partial charge in [0.15, 0.2) is 0 Å². The number of nitrogens with zero attached hydrogens (tertiary/aromatic N) is 5. The van der Waals surface area contributed by atoms with Crippen molar-refractivity contribution in [2.24, 2.45) is 0 Å². The maximum Gasteiger partial charge on any atom is 0.256 e. The van der Waals surface area contributed by atoms with E-state index >= 15 is 0 Å². The van der Waals surface area contributed by atoms with Gasteiger partial charge in [-0.25, -0.2) is 0 Å². The molecule has 0 bridgehead atoms. The lowest BCUT2D eigenvalue weighted by Crippen LogP contribution is -2.65. The van der Waals surface area contributed by atoms with Crippen molar-refractivity contribution in [1.29, 1.82) is 0 Å². The van der Waals surface area contributed by atoms with Crippen LogP contribution in [0, 0.1) is 0 Å². The van der Waals surface area contributed by atoms with Crippen LogP contribution in [0.4, 0.5) is 73.9 Å². The van der Waals surface area contributed by atoms with E-state index < -0.39 is 0 Å². The summed E-state index contributed by atoms with van der Waals surface area (Å²) in [6.07, 6.45) is 4.29. The van der Waals surface area contributed by atoms with Crippen LogP contribution in [0.15, 0.2) is 249 Å². The van der Waals surface area contributed by atoms with Crippen LogP contribution in [0.1, 0.15) is 24.0 Å². The molecule has 0 amide bonds. The van der Waals surface area contributed by atoms with E-state index in [1.165, 1.54) is 94.8 Å². The van der Waals surface area contributed by atoms with E-state index in [1.54, 1.807) is 0 Å². The molecule has 6 aliphatic heterocycles. The van der Waals surface area contributed by atoms with E-state index in [9.17, 15) is 0 Å². The molecule has 17 rings (SSSR count). The third kappa shape index (κ3) is 6.69. The van der Waals surface area contributed by atoms with Crippen molar-refractivity contribution in [1.82, 2.24) is 0 Å². The lowest BCUT2D eigenvalue weighted by molar-refractivity contribution is 0.488. The topological polar surface area (TPSA) is 25.4 Å². The van der Waals surface area contributed by atoms with Crippen molar-refractivity contribution in [2.75, 3.05) is 37.6 Å². The summed E-state index contributed by atoms with van der Waals surface area (Å²) in [4.78, 5) is 12.9. The molecule has 6 aliphatic rings. The minimum absolute atomic E-state index is 0.0661. The first-order valence-electron chi connectivity index (χ1n) is 28.5. The lowest BCUT2D eigenvalue weighted by Gasteiger charge is -2.50. The standard InChI is InChI=1S/C72H53B2N5O/c1-6-24-48(25-7-1)54-34-16-19-39-61(54)79-64-47-66-60(46-59(64)73-58-38-18-21-41-63(58)78(52-32-14-5-15-33-52)71-55-35-22-42-75-43-23-36-56(70(55)75)72(79)69(71)73)74-57-37-17-20-40-62(57)77(51-30-12-4-13-31-51)65-44-53(45-67(80-66)68(65)74)76(49-26-8-2-9-27-49)50-28-10-3-11-29-50/h1-21,24-34,37-41,44-47H,22-23,35-36,42-43H2. The Balaban J connectivity index is 0.982. The van der Waals surface area contributed by atoms with Gasteiger partial charge < -0.3 is 29.2 Å². The number of fused-ring (bicyclic) bond motifs is 10. The maximum atomic E-state index is 7.77. The molecule has 0 aromatic heterocycles. The van der Waals surface area contributed by atoms with Crippen molar-refractivity contribution in [3.05, 3.63) is 260 Å². The summed E-state index contributed by atoms with van der Waals surface area (Å²) in [6, 6.07) is 91.8. The number of rotatable bonds is 7. The largest absolute Gasteiger partial charge is 0.458 e. The zero-order valence-electron chi connectivity index (χ0n) is 44.2. The van der Waals surface area contributed by atoms with Gasteiger partial charge in [0.2, 0.25) is 0 Å². The number of anilines is 13. The second-order valence-electron chi connectivity index (χ2n) is 22.1. The highest BCUT2D eigenvalue weighted by molar-refractivity contribution is 7.02. The Kier molecular flexibility index (Phi) is 10.2. The van der Waals surface area contributed by atoms with Crippen molar-refractivity contribution >= 4 is 120 Å². The van der Waals surface area contributed by atoms with Crippen molar-refractivity contribution in [2.45, 2.75) is 25.7 Å². The molecule has 0 radical (unpaired) electrons. The van der Waals surface area contributed by atoms with Gasteiger partial charge in [-0.05, 0) is 148 Å². The summed E-state index contributed by atoms with van der Waals surface area (Å²) in [6.45, 7) is 1.94. The van der Waals surface area contributed by atoms with Gasteiger partial charge >= 0.3 is 0 Å². The summed E-state index contributed by atoms with van der Waals surface area (Å²) in [5, 5.41) is 0. The van der Waals surface area contributed by atoms with Crippen LogP contribution in [0.3, 0.4) is 0 Å². The highest BCUT2D eigenvalue weighted by Crippen LogP contribution is 2.55. The molecule has 378 valence electrons. The van der Waals surface area contributed by atoms with Gasteiger partial charge in [0, 0.05) is 93.3 Å². The molecule has 0 saturated heterocycles. The average molecular weight is 1030 g/mol. The Bertz CT molecular complexity index is 4230. The summed E-state index contributed by atoms with van der Waals surface area (Å²) in [5.41, 5.74) is 28.4. The number of benzene rings is 11. The number of ether oxygens (including phenoxy) is 1. The first kappa shape index (κ1) is 45.4. The number of para-hydroxylation sites is 7. The Labute approximate surface area is 468 Å². The van der Waals surface area contributed by atoms with E-state index in [4.69, 9.17) is 4.74 Å². The molecule has 80 heavy (non-hydrogen) atoms. The first-order valence-corrected chi connectivity index (χ1v) is 28.5. The molecule has 0 fully saturated rings. The van der Waals surface area contributed by atoms with Crippen molar-refractivity contribution in [3.8, 4) is 22.6 Å². The SMILES string of the molecule is c1ccc(-c2ccccc2N2c3cc4c(cc3B3c5ccccc5N(c5ccccc5)c5c6c7c(c2c53)CCCN7CCC6)B2c3ccccc3N(c3ccccc3)c3cc(N(c5ccccc5)c5ccccc5)cc(c32)O4)cc1.